The number of benzene rings is 2. The molecule has 0 spiro atoms. The van der Waals surface area contributed by atoms with Gasteiger partial charge in [0, 0.05) is 43.3 Å². The quantitative estimate of drug-likeness (QED) is 0.469. The zero-order valence-electron chi connectivity index (χ0n) is 14.9. The summed E-state index contributed by atoms with van der Waals surface area (Å²) in [5.41, 5.74) is 4.28. The molecule has 7 heteroatoms. The fourth-order valence-electron chi connectivity index (χ4n) is 3.52. The van der Waals surface area contributed by atoms with E-state index in [1.807, 2.05) is 24.0 Å². The minimum atomic E-state index is 0.168. The van der Waals surface area contributed by atoms with Gasteiger partial charge < -0.3 is 20.1 Å². The molecular weight excluding hydrogens is 390 g/mol. The first-order chi connectivity index (χ1) is 13.8. The summed E-state index contributed by atoms with van der Waals surface area (Å²) in [6, 6.07) is 12.8. The van der Waals surface area contributed by atoms with Gasteiger partial charge in [-0.1, -0.05) is 0 Å². The molecule has 0 amide bonds. The molecule has 0 aliphatic carbocycles. The first kappa shape index (κ1) is 16.5. The molecule has 1 saturated heterocycles. The number of nitrogens with one attached hydrogen (secondary N) is 2. The van der Waals surface area contributed by atoms with Gasteiger partial charge in [0.25, 0.3) is 0 Å². The molecule has 4 aromatic rings. The average molecular weight is 408 g/mol. The molecule has 0 saturated carbocycles. The fraction of sp³-hybridized carbons (Fsp3) is 0.190. The van der Waals surface area contributed by atoms with Crippen molar-refractivity contribution in [1.29, 1.82) is 0 Å². The van der Waals surface area contributed by atoms with Gasteiger partial charge in [0.2, 0.25) is 0 Å². The number of pyridine rings is 1. The third-order valence-electron chi connectivity index (χ3n) is 5.05. The lowest BCUT2D eigenvalue weighted by molar-refractivity contribution is -0.0789. The summed E-state index contributed by atoms with van der Waals surface area (Å²) >= 11 is 3.53. The number of nitrogens with zero attached hydrogens (tertiary/aromatic N) is 1. The van der Waals surface area contributed by atoms with Crippen LogP contribution in [0.3, 0.4) is 0 Å². The Bertz CT molecular complexity index is 1200. The highest BCUT2D eigenvalue weighted by Crippen LogP contribution is 2.39. The van der Waals surface area contributed by atoms with Crippen LogP contribution in [0.2, 0.25) is 0 Å². The van der Waals surface area contributed by atoms with Crippen LogP contribution in [0.5, 0.6) is 5.75 Å². The molecule has 0 atom stereocenters. The van der Waals surface area contributed by atoms with Crippen molar-refractivity contribution < 1.29 is 9.47 Å². The molecule has 140 valence electrons. The zero-order valence-corrected chi connectivity index (χ0v) is 16.5. The van der Waals surface area contributed by atoms with Crippen LogP contribution < -0.4 is 15.4 Å². The van der Waals surface area contributed by atoms with E-state index < -0.39 is 0 Å². The third-order valence-corrected chi connectivity index (χ3v) is 6.93. The van der Waals surface area contributed by atoms with Gasteiger partial charge in [0.05, 0.1) is 30.3 Å². The van der Waals surface area contributed by atoms with Crippen molar-refractivity contribution >= 4 is 61.1 Å². The van der Waals surface area contributed by atoms with Crippen LogP contribution in [0.15, 0.2) is 52.9 Å². The number of thiophene rings is 1. The number of ether oxygens (including phenoxy) is 2. The smallest absolute Gasteiger partial charge is 0.145 e. The molecule has 5 nitrogen and oxygen atoms in total. The highest BCUT2D eigenvalue weighted by molar-refractivity contribution is 7.99. The number of hydrogen-bond acceptors (Lipinski definition) is 7. The minimum Gasteiger partial charge on any atom is -0.484 e. The molecule has 2 aromatic carbocycles. The average Bonchev–Trinajstić information content (AvgIpc) is 3.29. The molecule has 2 aliphatic heterocycles. The van der Waals surface area contributed by atoms with Gasteiger partial charge in [-0.2, -0.15) is 0 Å². The molecule has 0 radical (unpaired) electrons. The Kier molecular flexibility index (Phi) is 3.85. The van der Waals surface area contributed by atoms with Gasteiger partial charge in [0.15, 0.2) is 0 Å². The molecule has 1 fully saturated rings. The lowest BCUT2D eigenvalue weighted by Gasteiger charge is -2.26. The summed E-state index contributed by atoms with van der Waals surface area (Å²) < 4.78 is 12.5. The highest BCUT2D eigenvalue weighted by Gasteiger charge is 2.22. The standard InChI is InChI=1S/C21H17N3O2S2/c1-2-20-18(23-11-28-20)5-12(1)24-16-3-4-22-17-6-15-19(26-13-8-25-9-13)10-27-21(15)7-14(16)17/h1-7,10,13,23H,8-9,11H2,(H,22,24). The van der Waals surface area contributed by atoms with Crippen LogP contribution in [0, 0.1) is 0 Å². The first-order valence-corrected chi connectivity index (χ1v) is 11.0. The van der Waals surface area contributed by atoms with E-state index in [1.165, 1.54) is 15.3 Å². The summed E-state index contributed by atoms with van der Waals surface area (Å²) in [6.45, 7) is 1.34. The largest absolute Gasteiger partial charge is 0.484 e. The third kappa shape index (κ3) is 2.78. The van der Waals surface area contributed by atoms with E-state index >= 15 is 0 Å². The molecule has 6 rings (SSSR count). The molecule has 2 aromatic heterocycles. The van der Waals surface area contributed by atoms with Crippen molar-refractivity contribution in [2.75, 3.05) is 29.7 Å². The van der Waals surface area contributed by atoms with E-state index in [1.54, 1.807) is 11.3 Å². The van der Waals surface area contributed by atoms with Crippen LogP contribution in [-0.4, -0.2) is 30.2 Å². The van der Waals surface area contributed by atoms with Crippen molar-refractivity contribution in [2.45, 2.75) is 11.0 Å². The predicted molar refractivity (Wildman–Crippen MR) is 116 cm³/mol. The second kappa shape index (κ2) is 6.55. The van der Waals surface area contributed by atoms with E-state index in [0.717, 1.165) is 39.3 Å². The van der Waals surface area contributed by atoms with Gasteiger partial charge >= 0.3 is 0 Å². The normalized spacial score (nSPS) is 16.0. The molecule has 4 heterocycles. The maximum absolute atomic E-state index is 6.05. The lowest BCUT2D eigenvalue weighted by Crippen LogP contribution is -2.38. The molecule has 2 aliphatic rings. The van der Waals surface area contributed by atoms with E-state index in [4.69, 9.17) is 9.47 Å². The van der Waals surface area contributed by atoms with Crippen LogP contribution in [0.4, 0.5) is 17.1 Å². The van der Waals surface area contributed by atoms with Crippen molar-refractivity contribution in [1.82, 2.24) is 4.98 Å². The Hall–Kier alpha value is -2.48. The molecular formula is C21H17N3O2S2. The van der Waals surface area contributed by atoms with E-state index in [9.17, 15) is 0 Å². The van der Waals surface area contributed by atoms with Gasteiger partial charge in [0.1, 0.15) is 11.9 Å². The minimum absolute atomic E-state index is 0.168. The van der Waals surface area contributed by atoms with Crippen molar-refractivity contribution in [3.63, 3.8) is 0 Å². The number of rotatable bonds is 4. The Morgan fingerprint density at radius 1 is 1.14 bits per heavy atom. The topological polar surface area (TPSA) is 55.4 Å². The summed E-state index contributed by atoms with van der Waals surface area (Å²) in [5, 5.41) is 11.3. The van der Waals surface area contributed by atoms with Crippen LogP contribution in [0.25, 0.3) is 21.0 Å². The molecule has 2 N–H and O–H groups in total. The fourth-order valence-corrected chi connectivity index (χ4v) is 5.25. The highest BCUT2D eigenvalue weighted by atomic mass is 32.2. The van der Waals surface area contributed by atoms with Crippen LogP contribution in [0.1, 0.15) is 0 Å². The Labute approximate surface area is 170 Å². The van der Waals surface area contributed by atoms with E-state index in [0.29, 0.717) is 13.2 Å². The lowest BCUT2D eigenvalue weighted by atomic mass is 10.1. The molecule has 0 unspecified atom stereocenters. The van der Waals surface area contributed by atoms with Gasteiger partial charge in [-0.15, -0.1) is 23.1 Å². The summed E-state index contributed by atoms with van der Waals surface area (Å²) in [6.07, 6.45) is 2.02. The van der Waals surface area contributed by atoms with E-state index in [2.05, 4.69) is 51.3 Å². The number of hydrogen-bond donors (Lipinski definition) is 2. The van der Waals surface area contributed by atoms with Crippen LogP contribution in [-0.2, 0) is 4.74 Å². The maximum Gasteiger partial charge on any atom is 0.145 e. The zero-order chi connectivity index (χ0) is 18.5. The van der Waals surface area contributed by atoms with Crippen molar-refractivity contribution in [3.05, 3.63) is 48.0 Å². The van der Waals surface area contributed by atoms with Gasteiger partial charge in [-0.3, -0.25) is 4.98 Å². The number of aromatic nitrogens is 1. The monoisotopic (exact) mass is 407 g/mol. The summed E-state index contributed by atoms with van der Waals surface area (Å²) in [5.74, 6) is 1.86. The molecule has 28 heavy (non-hydrogen) atoms. The SMILES string of the molecule is c1cc(Nc2ccc3c(c2)NCS3)c2cc3scc(OC4COC4)c3cc2n1. The maximum atomic E-state index is 6.05. The van der Waals surface area contributed by atoms with E-state index in [-0.39, 0.29) is 6.10 Å². The Morgan fingerprint density at radius 2 is 2.11 bits per heavy atom. The second-order valence-electron chi connectivity index (χ2n) is 6.90. The number of thioether (sulfide) groups is 1. The summed E-state index contributed by atoms with van der Waals surface area (Å²) in [4.78, 5) is 5.89. The van der Waals surface area contributed by atoms with Crippen molar-refractivity contribution in [3.8, 4) is 5.75 Å². The number of fused-ring (bicyclic) bond motifs is 3. The summed E-state index contributed by atoms with van der Waals surface area (Å²) in [7, 11) is 0. The Morgan fingerprint density at radius 3 is 3.00 bits per heavy atom. The second-order valence-corrected chi connectivity index (χ2v) is 8.83. The number of anilines is 3. The predicted octanol–water partition coefficient (Wildman–Crippen LogP) is 5.45. The van der Waals surface area contributed by atoms with Gasteiger partial charge in [-0.05, 0) is 36.4 Å². The van der Waals surface area contributed by atoms with Gasteiger partial charge in [-0.25, -0.2) is 0 Å². The Balaban J connectivity index is 1.39. The first-order valence-electron chi connectivity index (χ1n) is 9.16. The van der Waals surface area contributed by atoms with Crippen molar-refractivity contribution in [2.24, 2.45) is 0 Å². The molecule has 0 bridgehead atoms. The van der Waals surface area contributed by atoms with Crippen LogP contribution >= 0.6 is 23.1 Å².